The van der Waals surface area contributed by atoms with Gasteiger partial charge in [-0.25, -0.2) is 0 Å². The van der Waals surface area contributed by atoms with Gasteiger partial charge in [-0.3, -0.25) is 9.59 Å². The molecule has 0 radical (unpaired) electrons. The monoisotopic (exact) mass is 293 g/mol. The van der Waals surface area contributed by atoms with E-state index >= 15 is 0 Å². The highest BCUT2D eigenvalue weighted by Crippen LogP contribution is 2.21. The molecule has 0 fully saturated rings. The molecule has 0 N–H and O–H groups in total. The summed E-state index contributed by atoms with van der Waals surface area (Å²) < 4.78 is 0.766. The van der Waals surface area contributed by atoms with Gasteiger partial charge >= 0.3 is 0 Å². The molecule has 4 heteroatoms. The SMILES string of the molecule is CC1CC(=O)C=CN1C(=O)c1ccccc1Br. The van der Waals surface area contributed by atoms with Crippen LogP contribution in [-0.4, -0.2) is 22.6 Å². The van der Waals surface area contributed by atoms with E-state index in [1.807, 2.05) is 25.1 Å². The highest BCUT2D eigenvalue weighted by Gasteiger charge is 2.25. The molecular weight excluding hydrogens is 282 g/mol. The van der Waals surface area contributed by atoms with Crippen LogP contribution in [0.2, 0.25) is 0 Å². The molecule has 17 heavy (non-hydrogen) atoms. The second-order valence-electron chi connectivity index (χ2n) is 4.03. The zero-order valence-corrected chi connectivity index (χ0v) is 11.0. The van der Waals surface area contributed by atoms with Crippen molar-refractivity contribution in [1.82, 2.24) is 4.90 Å². The molecular formula is C13H12BrNO2. The summed E-state index contributed by atoms with van der Waals surface area (Å²) in [5.41, 5.74) is 0.610. The molecule has 1 aliphatic rings. The lowest BCUT2D eigenvalue weighted by atomic mass is 10.1. The summed E-state index contributed by atoms with van der Waals surface area (Å²) in [6.07, 6.45) is 3.40. The third kappa shape index (κ3) is 2.47. The molecule has 1 unspecified atom stereocenters. The van der Waals surface area contributed by atoms with Crippen molar-refractivity contribution in [2.75, 3.05) is 0 Å². The Morgan fingerprint density at radius 2 is 2.12 bits per heavy atom. The molecule has 0 spiro atoms. The molecule has 1 aromatic carbocycles. The van der Waals surface area contributed by atoms with Crippen molar-refractivity contribution < 1.29 is 9.59 Å². The number of hydrogen-bond acceptors (Lipinski definition) is 2. The van der Waals surface area contributed by atoms with E-state index in [1.54, 1.807) is 17.2 Å². The van der Waals surface area contributed by atoms with Crippen LogP contribution in [0.3, 0.4) is 0 Å². The largest absolute Gasteiger partial charge is 0.312 e. The quantitative estimate of drug-likeness (QED) is 0.798. The molecule has 1 aromatic rings. The third-order valence-electron chi connectivity index (χ3n) is 2.73. The van der Waals surface area contributed by atoms with E-state index in [-0.39, 0.29) is 17.7 Å². The Labute approximate surface area is 108 Å². The van der Waals surface area contributed by atoms with Crippen molar-refractivity contribution in [3.8, 4) is 0 Å². The minimum Gasteiger partial charge on any atom is -0.312 e. The standard InChI is InChI=1S/C13H12BrNO2/c1-9-8-10(16)6-7-15(9)13(17)11-4-2-3-5-12(11)14/h2-7,9H,8H2,1H3. The summed E-state index contributed by atoms with van der Waals surface area (Å²) >= 11 is 3.36. The number of rotatable bonds is 1. The fraction of sp³-hybridized carbons (Fsp3) is 0.231. The first-order valence-electron chi connectivity index (χ1n) is 5.38. The Kier molecular flexibility index (Phi) is 3.43. The molecule has 1 aliphatic heterocycles. The van der Waals surface area contributed by atoms with Crippen LogP contribution in [0, 0.1) is 0 Å². The molecule has 0 saturated heterocycles. The molecule has 0 saturated carbocycles. The summed E-state index contributed by atoms with van der Waals surface area (Å²) in [6.45, 7) is 1.87. The molecule has 1 amide bonds. The van der Waals surface area contributed by atoms with Crippen molar-refractivity contribution in [3.63, 3.8) is 0 Å². The van der Waals surface area contributed by atoms with E-state index in [0.717, 1.165) is 4.47 Å². The van der Waals surface area contributed by atoms with Gasteiger partial charge in [-0.15, -0.1) is 0 Å². The molecule has 1 heterocycles. The lowest BCUT2D eigenvalue weighted by molar-refractivity contribution is -0.115. The van der Waals surface area contributed by atoms with Crippen LogP contribution in [0.1, 0.15) is 23.7 Å². The number of halogens is 1. The van der Waals surface area contributed by atoms with Crippen LogP contribution < -0.4 is 0 Å². The lowest BCUT2D eigenvalue weighted by Gasteiger charge is -2.28. The van der Waals surface area contributed by atoms with E-state index in [9.17, 15) is 9.59 Å². The van der Waals surface area contributed by atoms with E-state index in [0.29, 0.717) is 12.0 Å². The topological polar surface area (TPSA) is 37.4 Å². The maximum atomic E-state index is 12.3. The second kappa shape index (κ2) is 4.84. The Morgan fingerprint density at radius 3 is 2.76 bits per heavy atom. The number of ketones is 1. The van der Waals surface area contributed by atoms with Gasteiger partial charge in [0.2, 0.25) is 0 Å². The Bertz CT molecular complexity index is 496. The lowest BCUT2D eigenvalue weighted by Crippen LogP contribution is -2.38. The normalized spacial score (nSPS) is 19.5. The average molecular weight is 294 g/mol. The average Bonchev–Trinajstić information content (AvgIpc) is 2.29. The Hall–Kier alpha value is -1.42. The van der Waals surface area contributed by atoms with Gasteiger partial charge in [-0.05, 0) is 41.1 Å². The molecule has 2 rings (SSSR count). The van der Waals surface area contributed by atoms with Crippen molar-refractivity contribution in [2.24, 2.45) is 0 Å². The minimum atomic E-state index is -0.0906. The van der Waals surface area contributed by atoms with Crippen molar-refractivity contribution >= 4 is 27.6 Å². The molecule has 1 atom stereocenters. The number of allylic oxidation sites excluding steroid dienone is 1. The van der Waals surface area contributed by atoms with Crippen molar-refractivity contribution in [3.05, 3.63) is 46.6 Å². The van der Waals surface area contributed by atoms with Crippen LogP contribution in [0.25, 0.3) is 0 Å². The molecule has 0 bridgehead atoms. The van der Waals surface area contributed by atoms with Gasteiger partial charge < -0.3 is 4.90 Å². The van der Waals surface area contributed by atoms with Gasteiger partial charge in [-0.2, -0.15) is 0 Å². The smallest absolute Gasteiger partial charge is 0.259 e. The van der Waals surface area contributed by atoms with Gasteiger partial charge in [0.05, 0.1) is 5.56 Å². The number of carbonyl (C=O) groups excluding carboxylic acids is 2. The first kappa shape index (κ1) is 12.0. The van der Waals surface area contributed by atoms with E-state index in [1.165, 1.54) is 6.08 Å². The number of hydrogen-bond donors (Lipinski definition) is 0. The van der Waals surface area contributed by atoms with Crippen LogP contribution in [-0.2, 0) is 4.79 Å². The van der Waals surface area contributed by atoms with E-state index in [4.69, 9.17) is 0 Å². The summed E-state index contributed by atoms with van der Waals surface area (Å²) in [5.74, 6) is -0.0256. The van der Waals surface area contributed by atoms with Crippen molar-refractivity contribution in [2.45, 2.75) is 19.4 Å². The van der Waals surface area contributed by atoms with Gasteiger partial charge in [0, 0.05) is 23.1 Å². The van der Waals surface area contributed by atoms with Crippen LogP contribution >= 0.6 is 15.9 Å². The number of benzene rings is 1. The minimum absolute atomic E-state index is 0.0636. The predicted octanol–water partition coefficient (Wildman–Crippen LogP) is 2.77. The third-order valence-corrected chi connectivity index (χ3v) is 3.42. The summed E-state index contributed by atoms with van der Waals surface area (Å²) in [7, 11) is 0. The zero-order chi connectivity index (χ0) is 12.4. The predicted molar refractivity (Wildman–Crippen MR) is 68.5 cm³/mol. The van der Waals surface area contributed by atoms with Crippen LogP contribution in [0.15, 0.2) is 41.0 Å². The van der Waals surface area contributed by atoms with Gasteiger partial charge in [0.1, 0.15) is 0 Å². The Morgan fingerprint density at radius 1 is 1.41 bits per heavy atom. The number of carbonyl (C=O) groups is 2. The number of nitrogens with zero attached hydrogens (tertiary/aromatic N) is 1. The first-order valence-corrected chi connectivity index (χ1v) is 6.17. The maximum Gasteiger partial charge on any atom is 0.259 e. The summed E-state index contributed by atoms with van der Waals surface area (Å²) in [6, 6.07) is 7.19. The number of amides is 1. The fourth-order valence-corrected chi connectivity index (χ4v) is 2.26. The van der Waals surface area contributed by atoms with Gasteiger partial charge in [-0.1, -0.05) is 12.1 Å². The molecule has 0 aliphatic carbocycles. The van der Waals surface area contributed by atoms with E-state index in [2.05, 4.69) is 15.9 Å². The second-order valence-corrected chi connectivity index (χ2v) is 4.88. The highest BCUT2D eigenvalue weighted by molar-refractivity contribution is 9.10. The summed E-state index contributed by atoms with van der Waals surface area (Å²) in [5, 5.41) is 0. The molecule has 0 aromatic heterocycles. The van der Waals surface area contributed by atoms with Gasteiger partial charge in [0.25, 0.3) is 5.91 Å². The zero-order valence-electron chi connectivity index (χ0n) is 9.39. The first-order chi connectivity index (χ1) is 8.09. The summed E-state index contributed by atoms with van der Waals surface area (Å²) in [4.78, 5) is 25.1. The van der Waals surface area contributed by atoms with Crippen LogP contribution in [0.4, 0.5) is 0 Å². The Balaban J connectivity index is 2.30. The maximum absolute atomic E-state index is 12.3. The molecule has 3 nitrogen and oxygen atoms in total. The fourth-order valence-electron chi connectivity index (χ4n) is 1.81. The van der Waals surface area contributed by atoms with Gasteiger partial charge in [0.15, 0.2) is 5.78 Å². The molecule has 88 valence electrons. The van der Waals surface area contributed by atoms with Crippen molar-refractivity contribution in [1.29, 1.82) is 0 Å². The highest BCUT2D eigenvalue weighted by atomic mass is 79.9. The van der Waals surface area contributed by atoms with Crippen LogP contribution in [0.5, 0.6) is 0 Å². The van der Waals surface area contributed by atoms with E-state index < -0.39 is 0 Å².